The highest BCUT2D eigenvalue weighted by Crippen LogP contribution is 2.32. The summed E-state index contributed by atoms with van der Waals surface area (Å²) in [5.74, 6) is 0.169. The van der Waals surface area contributed by atoms with Gasteiger partial charge in [-0.2, -0.15) is 0 Å². The number of likely N-dealkylation sites (tertiary alicyclic amines) is 1. The monoisotopic (exact) mass is 253 g/mol. The summed E-state index contributed by atoms with van der Waals surface area (Å²) < 4.78 is 0. The Bertz CT molecular complexity index is 293. The van der Waals surface area contributed by atoms with Crippen LogP contribution in [-0.2, 0) is 4.79 Å². The van der Waals surface area contributed by atoms with Gasteiger partial charge < -0.3 is 15.5 Å². The highest BCUT2D eigenvalue weighted by atomic mass is 16.2. The summed E-state index contributed by atoms with van der Waals surface area (Å²) in [6, 6.07) is 0.395. The van der Waals surface area contributed by atoms with Crippen LogP contribution in [0.5, 0.6) is 0 Å². The van der Waals surface area contributed by atoms with E-state index in [1.807, 2.05) is 11.9 Å². The normalized spacial score (nSPS) is 24.6. The SMILES string of the molecule is CCCN1CCC(N(C)C(=O)C2(N)CCC2)CC1. The third-order valence-corrected chi connectivity index (χ3v) is 4.64. The molecule has 1 amide bonds. The predicted octanol–water partition coefficient (Wildman–Crippen LogP) is 1.20. The van der Waals surface area contributed by atoms with Crippen molar-refractivity contribution in [1.29, 1.82) is 0 Å². The van der Waals surface area contributed by atoms with Gasteiger partial charge in [0.25, 0.3) is 0 Å². The Labute approximate surface area is 110 Å². The van der Waals surface area contributed by atoms with E-state index in [1.165, 1.54) is 13.0 Å². The van der Waals surface area contributed by atoms with Crippen LogP contribution in [0, 0.1) is 0 Å². The van der Waals surface area contributed by atoms with Crippen molar-refractivity contribution >= 4 is 5.91 Å². The van der Waals surface area contributed by atoms with Crippen LogP contribution < -0.4 is 5.73 Å². The summed E-state index contributed by atoms with van der Waals surface area (Å²) in [7, 11) is 1.94. The first kappa shape index (κ1) is 13.8. The van der Waals surface area contributed by atoms with Crippen molar-refractivity contribution in [3.05, 3.63) is 0 Å². The topological polar surface area (TPSA) is 49.6 Å². The molecule has 4 heteroatoms. The first-order valence-corrected chi connectivity index (χ1v) is 7.35. The Kier molecular flexibility index (Phi) is 4.28. The molecule has 1 saturated heterocycles. The minimum absolute atomic E-state index is 0.169. The molecule has 2 aliphatic rings. The molecular weight excluding hydrogens is 226 g/mol. The lowest BCUT2D eigenvalue weighted by Gasteiger charge is -2.43. The van der Waals surface area contributed by atoms with Crippen LogP contribution in [0.2, 0.25) is 0 Å². The van der Waals surface area contributed by atoms with Gasteiger partial charge in [0, 0.05) is 26.2 Å². The lowest BCUT2D eigenvalue weighted by Crippen LogP contribution is -2.61. The number of hydrogen-bond acceptors (Lipinski definition) is 3. The van der Waals surface area contributed by atoms with Gasteiger partial charge >= 0.3 is 0 Å². The van der Waals surface area contributed by atoms with Crippen molar-refractivity contribution in [2.75, 3.05) is 26.7 Å². The van der Waals surface area contributed by atoms with Gasteiger partial charge in [-0.25, -0.2) is 0 Å². The zero-order valence-corrected chi connectivity index (χ0v) is 11.8. The molecule has 2 N–H and O–H groups in total. The molecule has 1 aliphatic heterocycles. The lowest BCUT2D eigenvalue weighted by atomic mass is 9.76. The number of rotatable bonds is 4. The lowest BCUT2D eigenvalue weighted by molar-refractivity contribution is -0.141. The smallest absolute Gasteiger partial charge is 0.242 e. The van der Waals surface area contributed by atoms with Gasteiger partial charge in [0.05, 0.1) is 5.54 Å². The van der Waals surface area contributed by atoms with Crippen LogP contribution in [0.25, 0.3) is 0 Å². The van der Waals surface area contributed by atoms with E-state index < -0.39 is 5.54 Å². The largest absolute Gasteiger partial charge is 0.341 e. The number of likely N-dealkylation sites (N-methyl/N-ethyl adjacent to an activating group) is 1. The minimum Gasteiger partial charge on any atom is -0.341 e. The van der Waals surface area contributed by atoms with Crippen LogP contribution in [0.3, 0.4) is 0 Å². The number of carbonyl (C=O) groups is 1. The van der Waals surface area contributed by atoms with Crippen LogP contribution in [0.15, 0.2) is 0 Å². The van der Waals surface area contributed by atoms with Gasteiger partial charge in [-0.3, -0.25) is 4.79 Å². The summed E-state index contributed by atoms with van der Waals surface area (Å²) in [6.45, 7) is 5.64. The van der Waals surface area contributed by atoms with Crippen molar-refractivity contribution in [3.8, 4) is 0 Å². The zero-order chi connectivity index (χ0) is 13.2. The Hall–Kier alpha value is -0.610. The summed E-state index contributed by atoms with van der Waals surface area (Å²) in [4.78, 5) is 16.8. The van der Waals surface area contributed by atoms with Crippen LogP contribution in [0.4, 0.5) is 0 Å². The van der Waals surface area contributed by atoms with Crippen molar-refractivity contribution in [2.45, 2.75) is 57.0 Å². The summed E-state index contributed by atoms with van der Waals surface area (Å²) in [5.41, 5.74) is 5.59. The number of piperidine rings is 1. The molecule has 0 atom stereocenters. The quantitative estimate of drug-likeness (QED) is 0.819. The Morgan fingerprint density at radius 1 is 1.39 bits per heavy atom. The maximum absolute atomic E-state index is 12.3. The maximum Gasteiger partial charge on any atom is 0.242 e. The van der Waals surface area contributed by atoms with Crippen LogP contribution in [-0.4, -0.2) is 54.0 Å². The van der Waals surface area contributed by atoms with Crippen molar-refractivity contribution < 1.29 is 4.79 Å². The van der Waals surface area contributed by atoms with Crippen LogP contribution >= 0.6 is 0 Å². The molecule has 4 nitrogen and oxygen atoms in total. The van der Waals surface area contributed by atoms with Gasteiger partial charge in [-0.15, -0.1) is 0 Å². The summed E-state index contributed by atoms with van der Waals surface area (Å²) >= 11 is 0. The van der Waals surface area contributed by atoms with Gasteiger partial charge in [0.2, 0.25) is 5.91 Å². The van der Waals surface area contributed by atoms with E-state index in [0.717, 1.165) is 45.2 Å². The minimum atomic E-state index is -0.532. The fourth-order valence-corrected chi connectivity index (χ4v) is 3.14. The fourth-order valence-electron chi connectivity index (χ4n) is 3.14. The zero-order valence-electron chi connectivity index (χ0n) is 11.8. The highest BCUT2D eigenvalue weighted by molar-refractivity contribution is 5.87. The standard InChI is InChI=1S/C14H27N3O/c1-3-9-17-10-5-12(6-11-17)16(2)13(18)14(15)7-4-8-14/h12H,3-11,15H2,1-2H3. The van der Waals surface area contributed by atoms with E-state index in [2.05, 4.69) is 11.8 Å². The second kappa shape index (κ2) is 5.57. The first-order valence-electron chi connectivity index (χ1n) is 7.35. The molecule has 0 spiro atoms. The molecule has 0 unspecified atom stereocenters. The van der Waals surface area contributed by atoms with E-state index in [1.54, 1.807) is 0 Å². The fraction of sp³-hybridized carbons (Fsp3) is 0.929. The molecule has 1 saturated carbocycles. The average molecular weight is 253 g/mol. The maximum atomic E-state index is 12.3. The van der Waals surface area contributed by atoms with E-state index in [4.69, 9.17) is 5.73 Å². The van der Waals surface area contributed by atoms with Crippen molar-refractivity contribution in [2.24, 2.45) is 5.73 Å². The van der Waals surface area contributed by atoms with Gasteiger partial charge in [0.1, 0.15) is 0 Å². The second-order valence-electron chi connectivity index (χ2n) is 6.00. The van der Waals surface area contributed by atoms with Gasteiger partial charge in [0.15, 0.2) is 0 Å². The number of nitrogens with zero attached hydrogens (tertiary/aromatic N) is 2. The van der Waals surface area contributed by atoms with Gasteiger partial charge in [-0.1, -0.05) is 6.92 Å². The van der Waals surface area contributed by atoms with Crippen LogP contribution in [0.1, 0.15) is 45.4 Å². The molecule has 0 aromatic rings. The third kappa shape index (κ3) is 2.69. The van der Waals surface area contributed by atoms with Crippen molar-refractivity contribution in [1.82, 2.24) is 9.80 Å². The van der Waals surface area contributed by atoms with E-state index in [9.17, 15) is 4.79 Å². The molecule has 0 bridgehead atoms. The predicted molar refractivity (Wildman–Crippen MR) is 73.3 cm³/mol. The third-order valence-electron chi connectivity index (χ3n) is 4.64. The molecule has 2 fully saturated rings. The second-order valence-corrected chi connectivity index (χ2v) is 6.00. The Balaban J connectivity index is 1.83. The molecule has 1 heterocycles. The van der Waals surface area contributed by atoms with E-state index >= 15 is 0 Å². The summed E-state index contributed by atoms with van der Waals surface area (Å²) in [5, 5.41) is 0. The summed E-state index contributed by atoms with van der Waals surface area (Å²) in [6.07, 6.45) is 6.24. The average Bonchev–Trinajstić information content (AvgIpc) is 2.35. The van der Waals surface area contributed by atoms with E-state index in [-0.39, 0.29) is 5.91 Å². The number of hydrogen-bond donors (Lipinski definition) is 1. The highest BCUT2D eigenvalue weighted by Gasteiger charge is 2.43. The number of carbonyl (C=O) groups excluding carboxylic acids is 1. The Morgan fingerprint density at radius 3 is 2.44 bits per heavy atom. The molecule has 0 radical (unpaired) electrons. The first-order chi connectivity index (χ1) is 8.57. The molecule has 18 heavy (non-hydrogen) atoms. The van der Waals surface area contributed by atoms with E-state index in [0.29, 0.717) is 6.04 Å². The Morgan fingerprint density at radius 2 is 2.00 bits per heavy atom. The molecular formula is C14H27N3O. The molecule has 0 aromatic carbocycles. The molecule has 0 aromatic heterocycles. The van der Waals surface area contributed by atoms with Gasteiger partial charge in [-0.05, 0) is 45.1 Å². The number of nitrogens with two attached hydrogens (primary N) is 1. The number of amides is 1. The van der Waals surface area contributed by atoms with Crippen molar-refractivity contribution in [3.63, 3.8) is 0 Å². The molecule has 2 rings (SSSR count). The molecule has 104 valence electrons. The molecule has 1 aliphatic carbocycles.